The molecule has 0 radical (unpaired) electrons. The molecule has 0 atom stereocenters. The summed E-state index contributed by atoms with van der Waals surface area (Å²) < 4.78 is 11.2. The molecule has 3 aromatic carbocycles. The molecule has 2 nitrogen and oxygen atoms in total. The van der Waals surface area contributed by atoms with Gasteiger partial charge in [0, 0.05) is 10.8 Å². The molecule has 0 fully saturated rings. The minimum absolute atomic E-state index is 0.906. The first-order valence-electron chi connectivity index (χ1n) is 7.12. The van der Waals surface area contributed by atoms with Crippen LogP contribution >= 0.6 is 0 Å². The first-order valence-corrected chi connectivity index (χ1v) is 7.12. The SMILES string of the molecule is COc1c(C)cc(OC)c2c(C)c3ccc(C)cc3cc12. The highest BCUT2D eigenvalue weighted by Crippen LogP contribution is 2.41. The highest BCUT2D eigenvalue weighted by molar-refractivity contribution is 6.07. The van der Waals surface area contributed by atoms with Gasteiger partial charge in [0.1, 0.15) is 11.5 Å². The maximum absolute atomic E-state index is 5.64. The summed E-state index contributed by atoms with van der Waals surface area (Å²) in [7, 11) is 3.45. The lowest BCUT2D eigenvalue weighted by molar-refractivity contribution is 0.408. The van der Waals surface area contributed by atoms with Gasteiger partial charge >= 0.3 is 0 Å². The summed E-state index contributed by atoms with van der Waals surface area (Å²) in [5, 5.41) is 4.75. The van der Waals surface area contributed by atoms with Crippen LogP contribution in [0, 0.1) is 20.8 Å². The minimum atomic E-state index is 0.906. The molecule has 0 bridgehead atoms. The van der Waals surface area contributed by atoms with E-state index in [1.807, 2.05) is 6.07 Å². The molecule has 0 unspecified atom stereocenters. The second-order valence-electron chi connectivity index (χ2n) is 5.58. The normalized spacial score (nSPS) is 11.1. The standard InChI is InChI=1S/C19H20O2/c1-11-6-7-15-13(3)18-16(10-14(15)8-11)19(21-5)12(2)9-17(18)20-4/h6-10H,1-5H3. The molecule has 3 aromatic rings. The lowest BCUT2D eigenvalue weighted by Crippen LogP contribution is -1.95. The number of hydrogen-bond acceptors (Lipinski definition) is 2. The third kappa shape index (κ3) is 2.02. The molecule has 0 aromatic heterocycles. The van der Waals surface area contributed by atoms with Gasteiger partial charge in [0.25, 0.3) is 0 Å². The van der Waals surface area contributed by atoms with Crippen LogP contribution in [0.4, 0.5) is 0 Å². The van der Waals surface area contributed by atoms with Gasteiger partial charge in [-0.15, -0.1) is 0 Å². The molecule has 3 rings (SSSR count). The molecular formula is C19H20O2. The summed E-state index contributed by atoms with van der Waals surface area (Å²) in [4.78, 5) is 0. The Morgan fingerprint density at radius 2 is 1.57 bits per heavy atom. The zero-order valence-corrected chi connectivity index (χ0v) is 13.2. The second kappa shape index (κ2) is 4.96. The third-order valence-corrected chi connectivity index (χ3v) is 4.18. The molecule has 0 aliphatic rings. The molecule has 0 N–H and O–H groups in total. The molecule has 0 aliphatic heterocycles. The topological polar surface area (TPSA) is 18.5 Å². The van der Waals surface area contributed by atoms with Crippen molar-refractivity contribution in [3.8, 4) is 11.5 Å². The average Bonchev–Trinajstić information content (AvgIpc) is 2.46. The number of rotatable bonds is 2. The van der Waals surface area contributed by atoms with Gasteiger partial charge in [0.05, 0.1) is 14.2 Å². The highest BCUT2D eigenvalue weighted by atomic mass is 16.5. The smallest absolute Gasteiger partial charge is 0.129 e. The molecular weight excluding hydrogens is 260 g/mol. The van der Waals surface area contributed by atoms with Crippen LogP contribution in [0.5, 0.6) is 11.5 Å². The van der Waals surface area contributed by atoms with Crippen LogP contribution in [0.2, 0.25) is 0 Å². The summed E-state index contributed by atoms with van der Waals surface area (Å²) in [5.41, 5.74) is 3.59. The van der Waals surface area contributed by atoms with E-state index in [0.29, 0.717) is 0 Å². The van der Waals surface area contributed by atoms with Gasteiger partial charge in [0.15, 0.2) is 0 Å². The fourth-order valence-corrected chi connectivity index (χ4v) is 3.18. The number of hydrogen-bond donors (Lipinski definition) is 0. The lowest BCUT2D eigenvalue weighted by atomic mass is 9.94. The zero-order chi connectivity index (χ0) is 15.1. The Balaban J connectivity index is 2.57. The number of benzene rings is 3. The number of fused-ring (bicyclic) bond motifs is 2. The van der Waals surface area contributed by atoms with Gasteiger partial charge in [-0.1, -0.05) is 23.8 Å². The summed E-state index contributed by atoms with van der Waals surface area (Å²) in [5.74, 6) is 1.83. The Kier molecular flexibility index (Phi) is 3.25. The summed E-state index contributed by atoms with van der Waals surface area (Å²) >= 11 is 0. The highest BCUT2D eigenvalue weighted by Gasteiger charge is 2.15. The van der Waals surface area contributed by atoms with Crippen molar-refractivity contribution in [2.45, 2.75) is 20.8 Å². The predicted octanol–water partition coefficient (Wildman–Crippen LogP) is 4.94. The van der Waals surface area contributed by atoms with E-state index < -0.39 is 0 Å². The van der Waals surface area contributed by atoms with Crippen LogP contribution in [0.25, 0.3) is 21.5 Å². The van der Waals surface area contributed by atoms with Gasteiger partial charge < -0.3 is 9.47 Å². The van der Waals surface area contributed by atoms with E-state index in [9.17, 15) is 0 Å². The monoisotopic (exact) mass is 280 g/mol. The summed E-state index contributed by atoms with van der Waals surface area (Å²) in [6.45, 7) is 6.32. The molecule has 0 saturated heterocycles. The van der Waals surface area contributed by atoms with Crippen molar-refractivity contribution in [2.75, 3.05) is 14.2 Å². The Hall–Kier alpha value is -2.22. The van der Waals surface area contributed by atoms with E-state index in [1.54, 1.807) is 14.2 Å². The molecule has 0 heterocycles. The number of ether oxygens (including phenoxy) is 2. The molecule has 21 heavy (non-hydrogen) atoms. The van der Waals surface area contributed by atoms with Crippen molar-refractivity contribution in [1.29, 1.82) is 0 Å². The Morgan fingerprint density at radius 3 is 2.24 bits per heavy atom. The zero-order valence-electron chi connectivity index (χ0n) is 13.2. The largest absolute Gasteiger partial charge is 0.496 e. The molecule has 0 spiro atoms. The maximum atomic E-state index is 5.64. The van der Waals surface area contributed by atoms with Crippen molar-refractivity contribution in [2.24, 2.45) is 0 Å². The van der Waals surface area contributed by atoms with Crippen molar-refractivity contribution in [3.05, 3.63) is 47.0 Å². The van der Waals surface area contributed by atoms with E-state index in [1.165, 1.54) is 21.9 Å². The van der Waals surface area contributed by atoms with Gasteiger partial charge in [-0.2, -0.15) is 0 Å². The first kappa shape index (κ1) is 13.7. The van der Waals surface area contributed by atoms with E-state index in [0.717, 1.165) is 27.8 Å². The second-order valence-corrected chi connectivity index (χ2v) is 5.58. The van der Waals surface area contributed by atoms with Crippen molar-refractivity contribution >= 4 is 21.5 Å². The van der Waals surface area contributed by atoms with E-state index in [2.05, 4.69) is 45.0 Å². The van der Waals surface area contributed by atoms with Gasteiger partial charge in [-0.05, 0) is 54.8 Å². The van der Waals surface area contributed by atoms with Gasteiger partial charge in [-0.3, -0.25) is 0 Å². The van der Waals surface area contributed by atoms with Gasteiger partial charge in [0.2, 0.25) is 0 Å². The summed E-state index contributed by atoms with van der Waals surface area (Å²) in [6.07, 6.45) is 0. The molecule has 0 amide bonds. The summed E-state index contributed by atoms with van der Waals surface area (Å²) in [6, 6.07) is 10.8. The Bertz CT molecular complexity index is 847. The fourth-order valence-electron chi connectivity index (χ4n) is 3.18. The van der Waals surface area contributed by atoms with E-state index >= 15 is 0 Å². The van der Waals surface area contributed by atoms with E-state index in [4.69, 9.17) is 9.47 Å². The Morgan fingerprint density at radius 1 is 0.810 bits per heavy atom. The minimum Gasteiger partial charge on any atom is -0.496 e. The lowest BCUT2D eigenvalue weighted by Gasteiger charge is -2.16. The van der Waals surface area contributed by atoms with Crippen LogP contribution in [0.15, 0.2) is 30.3 Å². The number of aryl methyl sites for hydroxylation is 3. The van der Waals surface area contributed by atoms with Crippen LogP contribution < -0.4 is 9.47 Å². The molecule has 0 aliphatic carbocycles. The quantitative estimate of drug-likeness (QED) is 0.619. The maximum Gasteiger partial charge on any atom is 0.129 e. The molecule has 0 saturated carbocycles. The Labute approximate surface area is 125 Å². The first-order chi connectivity index (χ1) is 10.1. The van der Waals surface area contributed by atoms with Crippen molar-refractivity contribution in [3.63, 3.8) is 0 Å². The predicted molar refractivity (Wildman–Crippen MR) is 88.8 cm³/mol. The van der Waals surface area contributed by atoms with E-state index in [-0.39, 0.29) is 0 Å². The van der Waals surface area contributed by atoms with Crippen molar-refractivity contribution < 1.29 is 9.47 Å². The van der Waals surface area contributed by atoms with Crippen molar-refractivity contribution in [1.82, 2.24) is 0 Å². The van der Waals surface area contributed by atoms with Crippen LogP contribution in [0.3, 0.4) is 0 Å². The molecule has 2 heteroatoms. The molecule has 108 valence electrons. The fraction of sp³-hybridized carbons (Fsp3) is 0.263. The number of methoxy groups -OCH3 is 2. The van der Waals surface area contributed by atoms with Crippen LogP contribution in [0.1, 0.15) is 16.7 Å². The average molecular weight is 280 g/mol. The van der Waals surface area contributed by atoms with Gasteiger partial charge in [-0.25, -0.2) is 0 Å². The van der Waals surface area contributed by atoms with Crippen LogP contribution in [-0.2, 0) is 0 Å². The third-order valence-electron chi connectivity index (χ3n) is 4.18. The van der Waals surface area contributed by atoms with Crippen LogP contribution in [-0.4, -0.2) is 14.2 Å².